The zero-order valence-corrected chi connectivity index (χ0v) is 11.7. The average molecular weight is 294 g/mol. The van der Waals surface area contributed by atoms with Gasteiger partial charge in [-0.25, -0.2) is 4.98 Å². The van der Waals surface area contributed by atoms with E-state index in [2.05, 4.69) is 15.4 Å². The predicted molar refractivity (Wildman–Crippen MR) is 74.7 cm³/mol. The van der Waals surface area contributed by atoms with E-state index in [0.717, 1.165) is 12.2 Å². The lowest BCUT2D eigenvalue weighted by Gasteiger charge is -2.11. The molecule has 2 N–H and O–H groups in total. The predicted octanol–water partition coefficient (Wildman–Crippen LogP) is -0.282. The Morgan fingerprint density at radius 1 is 1.57 bits per heavy atom. The number of aliphatic hydroxyl groups is 1. The van der Waals surface area contributed by atoms with E-state index in [1.807, 2.05) is 17.8 Å². The number of aryl methyl sites for hydroxylation is 1. The first-order valence-electron chi connectivity index (χ1n) is 6.58. The summed E-state index contributed by atoms with van der Waals surface area (Å²) in [4.78, 5) is 14.2. The van der Waals surface area contributed by atoms with Gasteiger partial charge in [-0.2, -0.15) is 5.10 Å². The van der Waals surface area contributed by atoms with Crippen molar-refractivity contribution in [2.75, 3.05) is 13.1 Å². The molecule has 0 fully saturated rings. The molecule has 0 saturated heterocycles. The summed E-state index contributed by atoms with van der Waals surface area (Å²) < 4.78 is 3.31. The zero-order valence-electron chi connectivity index (χ0n) is 11.7. The molecule has 2 heterocycles. The van der Waals surface area contributed by atoms with Crippen LogP contribution in [-0.4, -0.2) is 48.6 Å². The van der Waals surface area contributed by atoms with Crippen molar-refractivity contribution in [3.8, 4) is 0 Å². The van der Waals surface area contributed by atoms with E-state index in [4.69, 9.17) is 0 Å². The third-order valence-corrected chi connectivity index (χ3v) is 3.05. The Kier molecular flexibility index (Phi) is 5.01. The van der Waals surface area contributed by atoms with Crippen LogP contribution in [0.2, 0.25) is 0 Å². The third kappa shape index (κ3) is 4.36. The fourth-order valence-electron chi connectivity index (χ4n) is 1.93. The van der Waals surface area contributed by atoms with Crippen LogP contribution < -0.4 is 5.32 Å². The molecule has 2 aromatic heterocycles. The number of hydrogen-bond acceptors (Lipinski definition) is 6. The Balaban J connectivity index is 1.68. The van der Waals surface area contributed by atoms with Crippen molar-refractivity contribution in [3.63, 3.8) is 0 Å². The van der Waals surface area contributed by atoms with Gasteiger partial charge in [0.25, 0.3) is 0 Å². The molecular weight excluding hydrogens is 276 g/mol. The van der Waals surface area contributed by atoms with Gasteiger partial charge in [-0.1, -0.05) is 0 Å². The molecule has 2 rings (SSSR count). The summed E-state index contributed by atoms with van der Waals surface area (Å²) in [5, 5.41) is 27.3. The standard InChI is InChI=1S/C12H18N6O3/c1-16-5-4-14-12(16)2-3-13-7-11(19)9-17-8-10(6-15-17)18(20)21/h4-6,8,11,13,19H,2-3,7,9H2,1H3. The summed E-state index contributed by atoms with van der Waals surface area (Å²) in [5.74, 6) is 0.972. The summed E-state index contributed by atoms with van der Waals surface area (Å²) >= 11 is 0. The largest absolute Gasteiger partial charge is 0.390 e. The van der Waals surface area contributed by atoms with Crippen LogP contribution in [0.3, 0.4) is 0 Å². The smallest absolute Gasteiger partial charge is 0.306 e. The highest BCUT2D eigenvalue weighted by Gasteiger charge is 2.11. The van der Waals surface area contributed by atoms with Gasteiger partial charge >= 0.3 is 5.69 Å². The van der Waals surface area contributed by atoms with Crippen molar-refractivity contribution in [2.24, 2.45) is 7.05 Å². The monoisotopic (exact) mass is 294 g/mol. The summed E-state index contributed by atoms with van der Waals surface area (Å²) in [6, 6.07) is 0. The van der Waals surface area contributed by atoms with Gasteiger partial charge in [-0.15, -0.1) is 0 Å². The van der Waals surface area contributed by atoms with Gasteiger partial charge in [0.05, 0.1) is 17.6 Å². The molecule has 0 aromatic carbocycles. The zero-order chi connectivity index (χ0) is 15.2. The van der Waals surface area contributed by atoms with Gasteiger partial charge in [0.15, 0.2) is 0 Å². The number of rotatable bonds is 8. The molecule has 114 valence electrons. The molecule has 0 saturated carbocycles. The highest BCUT2D eigenvalue weighted by molar-refractivity contribution is 5.20. The average Bonchev–Trinajstić information content (AvgIpc) is 3.04. The Labute approximate surface area is 121 Å². The quantitative estimate of drug-likeness (QED) is 0.393. The van der Waals surface area contributed by atoms with Crippen LogP contribution in [-0.2, 0) is 20.0 Å². The number of nitro groups is 1. The molecule has 0 radical (unpaired) electrons. The van der Waals surface area contributed by atoms with Crippen LogP contribution in [0.15, 0.2) is 24.8 Å². The molecule has 0 amide bonds. The van der Waals surface area contributed by atoms with E-state index in [0.29, 0.717) is 13.1 Å². The van der Waals surface area contributed by atoms with Crippen LogP contribution in [0.25, 0.3) is 0 Å². The normalized spacial score (nSPS) is 12.5. The molecule has 0 aliphatic rings. The first-order valence-corrected chi connectivity index (χ1v) is 6.58. The van der Waals surface area contributed by atoms with Crippen molar-refractivity contribution >= 4 is 5.69 Å². The lowest BCUT2D eigenvalue weighted by atomic mass is 10.3. The maximum Gasteiger partial charge on any atom is 0.306 e. The minimum atomic E-state index is -0.661. The highest BCUT2D eigenvalue weighted by atomic mass is 16.6. The molecule has 0 aliphatic carbocycles. The van der Waals surface area contributed by atoms with Gasteiger partial charge in [0.2, 0.25) is 0 Å². The second-order valence-electron chi connectivity index (χ2n) is 4.74. The van der Waals surface area contributed by atoms with Crippen molar-refractivity contribution in [1.82, 2.24) is 24.6 Å². The summed E-state index contributed by atoms with van der Waals surface area (Å²) in [6.07, 6.45) is 6.21. The second-order valence-corrected chi connectivity index (χ2v) is 4.74. The number of hydrogen-bond donors (Lipinski definition) is 2. The minimum Gasteiger partial charge on any atom is -0.390 e. The Morgan fingerprint density at radius 2 is 2.38 bits per heavy atom. The molecule has 0 bridgehead atoms. The lowest BCUT2D eigenvalue weighted by molar-refractivity contribution is -0.385. The SMILES string of the molecule is Cn1ccnc1CCNCC(O)Cn1cc([N+](=O)[O-])cn1. The van der Waals surface area contributed by atoms with E-state index >= 15 is 0 Å². The van der Waals surface area contributed by atoms with Crippen LogP contribution in [0.5, 0.6) is 0 Å². The molecule has 21 heavy (non-hydrogen) atoms. The third-order valence-electron chi connectivity index (χ3n) is 3.05. The van der Waals surface area contributed by atoms with Gasteiger partial charge in [0, 0.05) is 39.0 Å². The van der Waals surface area contributed by atoms with Crippen LogP contribution in [0.1, 0.15) is 5.82 Å². The Bertz CT molecular complexity index is 593. The molecule has 0 aliphatic heterocycles. The minimum absolute atomic E-state index is 0.0788. The maximum atomic E-state index is 10.5. The van der Waals surface area contributed by atoms with Gasteiger partial charge < -0.3 is 15.0 Å². The maximum absolute atomic E-state index is 10.5. The summed E-state index contributed by atoms with van der Waals surface area (Å²) in [7, 11) is 1.93. The number of imidazole rings is 1. The van der Waals surface area contributed by atoms with Crippen LogP contribution >= 0.6 is 0 Å². The Morgan fingerprint density at radius 3 is 3.00 bits per heavy atom. The summed E-state index contributed by atoms with van der Waals surface area (Å²) in [5.41, 5.74) is -0.0788. The molecule has 1 unspecified atom stereocenters. The second kappa shape index (κ2) is 6.95. The van der Waals surface area contributed by atoms with Crippen molar-refractivity contribution in [2.45, 2.75) is 19.1 Å². The summed E-state index contributed by atoms with van der Waals surface area (Å²) in [6.45, 7) is 1.29. The van der Waals surface area contributed by atoms with E-state index in [1.165, 1.54) is 17.1 Å². The van der Waals surface area contributed by atoms with Crippen molar-refractivity contribution in [3.05, 3.63) is 40.7 Å². The molecule has 1 atom stereocenters. The van der Waals surface area contributed by atoms with Crippen molar-refractivity contribution < 1.29 is 10.0 Å². The van der Waals surface area contributed by atoms with Crippen LogP contribution in [0.4, 0.5) is 5.69 Å². The first kappa shape index (κ1) is 15.1. The fraction of sp³-hybridized carbons (Fsp3) is 0.500. The Hall–Kier alpha value is -2.26. The van der Waals surface area contributed by atoms with Gasteiger partial charge in [0.1, 0.15) is 18.2 Å². The van der Waals surface area contributed by atoms with Crippen LogP contribution in [0, 0.1) is 10.1 Å². The molecule has 9 nitrogen and oxygen atoms in total. The number of aromatic nitrogens is 4. The molecule has 0 spiro atoms. The first-order chi connectivity index (χ1) is 10.1. The number of nitrogens with zero attached hydrogens (tertiary/aromatic N) is 5. The number of nitrogens with one attached hydrogen (secondary N) is 1. The number of aliphatic hydroxyl groups excluding tert-OH is 1. The van der Waals surface area contributed by atoms with Gasteiger partial charge in [-0.05, 0) is 0 Å². The fourth-order valence-corrected chi connectivity index (χ4v) is 1.93. The van der Waals surface area contributed by atoms with Crippen molar-refractivity contribution in [1.29, 1.82) is 0 Å². The van der Waals surface area contributed by atoms with E-state index in [9.17, 15) is 15.2 Å². The van der Waals surface area contributed by atoms with E-state index in [1.54, 1.807) is 6.20 Å². The van der Waals surface area contributed by atoms with E-state index in [-0.39, 0.29) is 12.2 Å². The highest BCUT2D eigenvalue weighted by Crippen LogP contribution is 2.07. The van der Waals surface area contributed by atoms with E-state index < -0.39 is 11.0 Å². The molecule has 2 aromatic rings. The topological polar surface area (TPSA) is 111 Å². The molecular formula is C12H18N6O3. The lowest BCUT2D eigenvalue weighted by Crippen LogP contribution is -2.31. The van der Waals surface area contributed by atoms with Gasteiger partial charge in [-0.3, -0.25) is 14.8 Å². The molecule has 9 heteroatoms.